The van der Waals surface area contributed by atoms with E-state index in [9.17, 15) is 40.3 Å². The van der Waals surface area contributed by atoms with Crippen molar-refractivity contribution in [1.82, 2.24) is 4.98 Å². The number of anilines is 1. The van der Waals surface area contributed by atoms with Gasteiger partial charge in [0, 0.05) is 11.9 Å². The molecular formula is C23H13ClF8N2O5. The first-order valence-corrected chi connectivity index (χ1v) is 10.6. The van der Waals surface area contributed by atoms with Crippen LogP contribution in [0.25, 0.3) is 0 Å². The van der Waals surface area contributed by atoms with Gasteiger partial charge in [-0.3, -0.25) is 4.79 Å². The molecule has 0 unspecified atom stereocenters. The summed E-state index contributed by atoms with van der Waals surface area (Å²) < 4.78 is 120. The molecule has 0 aliphatic carbocycles. The molecule has 0 spiro atoms. The zero-order chi connectivity index (χ0) is 29.3. The van der Waals surface area contributed by atoms with Gasteiger partial charge in [-0.15, -0.1) is 13.2 Å². The van der Waals surface area contributed by atoms with E-state index in [1.807, 2.05) is 0 Å². The highest BCUT2D eigenvalue weighted by Crippen LogP contribution is 2.41. The van der Waals surface area contributed by atoms with Crippen molar-refractivity contribution in [2.45, 2.75) is 19.5 Å². The van der Waals surface area contributed by atoms with E-state index in [1.165, 1.54) is 6.92 Å². The Labute approximate surface area is 218 Å². The zero-order valence-electron chi connectivity index (χ0n) is 19.4. The molecule has 0 atom stereocenters. The average molecular weight is 585 g/mol. The van der Waals surface area contributed by atoms with Crippen LogP contribution in [-0.4, -0.2) is 30.3 Å². The molecule has 2 aromatic carbocycles. The maximum atomic E-state index is 15.1. The fraction of sp³-hybridized carbons (Fsp3) is 0.174. The number of hydrogen-bond donors (Lipinski definition) is 1. The lowest BCUT2D eigenvalue weighted by Crippen LogP contribution is -2.20. The van der Waals surface area contributed by atoms with Crippen LogP contribution in [0.3, 0.4) is 0 Å². The third-order valence-electron chi connectivity index (χ3n) is 4.84. The van der Waals surface area contributed by atoms with Crippen LogP contribution < -0.4 is 14.8 Å². The van der Waals surface area contributed by atoms with Crippen LogP contribution in [0, 0.1) is 18.6 Å². The summed E-state index contributed by atoms with van der Waals surface area (Å²) in [5.41, 5.74) is -3.46. The summed E-state index contributed by atoms with van der Waals surface area (Å²) in [4.78, 5) is 28.5. The second kappa shape index (κ2) is 10.9. The van der Waals surface area contributed by atoms with Crippen LogP contribution in [0.2, 0.25) is 5.02 Å². The van der Waals surface area contributed by atoms with Crippen molar-refractivity contribution in [1.29, 1.82) is 0 Å². The molecule has 1 amide bonds. The van der Waals surface area contributed by atoms with E-state index in [4.69, 9.17) is 16.3 Å². The average Bonchev–Trinajstić information content (AvgIpc) is 2.83. The van der Waals surface area contributed by atoms with E-state index in [0.29, 0.717) is 18.2 Å². The fourth-order valence-corrected chi connectivity index (χ4v) is 3.24. The molecule has 0 fully saturated rings. The molecule has 0 bridgehead atoms. The lowest BCUT2D eigenvalue weighted by atomic mass is 10.1. The summed E-state index contributed by atoms with van der Waals surface area (Å²) in [5.74, 6) is -9.33. The van der Waals surface area contributed by atoms with E-state index in [1.54, 1.807) is 0 Å². The Morgan fingerprint density at radius 3 is 2.15 bits per heavy atom. The topological polar surface area (TPSA) is 86.8 Å². The van der Waals surface area contributed by atoms with E-state index in [-0.39, 0.29) is 23.0 Å². The Balaban J connectivity index is 2.09. The van der Waals surface area contributed by atoms with Crippen LogP contribution in [0.5, 0.6) is 17.2 Å². The molecule has 3 aromatic rings. The molecule has 0 saturated heterocycles. The quantitative estimate of drug-likeness (QED) is 0.246. The molecule has 3 rings (SSSR count). The van der Waals surface area contributed by atoms with Crippen molar-refractivity contribution in [3.63, 3.8) is 0 Å². The molecule has 1 aromatic heterocycles. The maximum absolute atomic E-state index is 15.1. The number of carbonyl (C=O) groups is 2. The number of rotatable bonds is 6. The minimum atomic E-state index is -5.28. The van der Waals surface area contributed by atoms with Crippen LogP contribution in [-0.2, 0) is 10.9 Å². The van der Waals surface area contributed by atoms with Crippen LogP contribution in [0.4, 0.5) is 40.8 Å². The Morgan fingerprint density at radius 1 is 0.949 bits per heavy atom. The second-order valence-electron chi connectivity index (χ2n) is 7.47. The number of alkyl halides is 6. The highest BCUT2D eigenvalue weighted by Gasteiger charge is 2.38. The minimum Gasteiger partial charge on any atom is -0.464 e. The number of halogens is 9. The van der Waals surface area contributed by atoms with Gasteiger partial charge in [0.05, 0.1) is 12.7 Å². The minimum absolute atomic E-state index is 0.170. The summed E-state index contributed by atoms with van der Waals surface area (Å²) in [6, 6.07) is 2.85. The molecule has 39 heavy (non-hydrogen) atoms. The van der Waals surface area contributed by atoms with Gasteiger partial charge in [0.25, 0.3) is 5.91 Å². The lowest BCUT2D eigenvalue weighted by Gasteiger charge is -2.18. The Morgan fingerprint density at radius 2 is 1.56 bits per heavy atom. The van der Waals surface area contributed by atoms with Crippen molar-refractivity contribution in [3.05, 3.63) is 75.6 Å². The van der Waals surface area contributed by atoms with Crippen LogP contribution in [0.15, 0.2) is 36.5 Å². The Hall–Kier alpha value is -4.14. The number of aromatic nitrogens is 1. The fourth-order valence-electron chi connectivity index (χ4n) is 3.05. The van der Waals surface area contributed by atoms with Crippen LogP contribution >= 0.6 is 11.6 Å². The number of amides is 1. The molecule has 7 nitrogen and oxygen atoms in total. The molecule has 0 aliphatic rings. The second-order valence-corrected chi connectivity index (χ2v) is 7.85. The molecular weight excluding hydrogens is 572 g/mol. The monoisotopic (exact) mass is 584 g/mol. The number of aryl methyl sites for hydroxylation is 1. The first-order chi connectivity index (χ1) is 18.0. The van der Waals surface area contributed by atoms with Crippen LogP contribution in [0.1, 0.15) is 32.0 Å². The SMILES string of the molecule is COC(=O)c1cc(NC(=O)c2c(Oc3ccc(OC(F)(F)F)c(F)c3Cl)ccc(C(F)(F)F)c2F)c(C)cn1. The van der Waals surface area contributed by atoms with Gasteiger partial charge in [0.1, 0.15) is 27.8 Å². The summed E-state index contributed by atoms with van der Waals surface area (Å²) in [6.45, 7) is 1.40. The van der Waals surface area contributed by atoms with E-state index >= 15 is 4.39 Å². The first kappa shape index (κ1) is 29.4. The first-order valence-electron chi connectivity index (χ1n) is 10.2. The highest BCUT2D eigenvalue weighted by molar-refractivity contribution is 6.32. The number of nitrogens with zero attached hydrogens (tertiary/aromatic N) is 1. The van der Waals surface area contributed by atoms with Gasteiger partial charge in [-0.1, -0.05) is 11.6 Å². The molecule has 1 N–H and O–H groups in total. The molecule has 16 heteroatoms. The normalized spacial score (nSPS) is 11.7. The molecule has 1 heterocycles. The summed E-state index contributed by atoms with van der Waals surface area (Å²) >= 11 is 5.69. The van der Waals surface area contributed by atoms with Gasteiger partial charge >= 0.3 is 18.5 Å². The predicted octanol–water partition coefficient (Wildman–Crippen LogP) is 7.07. The number of pyridine rings is 1. The number of esters is 1. The van der Waals surface area contributed by atoms with E-state index in [2.05, 4.69) is 19.8 Å². The van der Waals surface area contributed by atoms with Gasteiger partial charge in [0.2, 0.25) is 0 Å². The number of hydrogen-bond acceptors (Lipinski definition) is 6. The third-order valence-corrected chi connectivity index (χ3v) is 5.19. The highest BCUT2D eigenvalue weighted by atomic mass is 35.5. The van der Waals surface area contributed by atoms with Crippen molar-refractivity contribution < 1.29 is 58.9 Å². The van der Waals surface area contributed by atoms with E-state index < -0.39 is 69.4 Å². The van der Waals surface area contributed by atoms with Gasteiger partial charge < -0.3 is 19.5 Å². The third kappa shape index (κ3) is 6.66. The smallest absolute Gasteiger partial charge is 0.464 e. The number of ether oxygens (including phenoxy) is 3. The molecule has 208 valence electrons. The summed E-state index contributed by atoms with van der Waals surface area (Å²) in [6.07, 6.45) is -9.43. The molecule has 0 saturated carbocycles. The lowest BCUT2D eigenvalue weighted by molar-refractivity contribution is -0.275. The van der Waals surface area contributed by atoms with Gasteiger partial charge in [-0.25, -0.2) is 18.6 Å². The summed E-state index contributed by atoms with van der Waals surface area (Å²) in [5, 5.41) is 1.01. The standard InChI is InChI=1S/C23H13ClF8N2O5/c1-9-8-33-12(21(36)37-2)7-11(9)34-20(35)16-13(4-3-10(18(16)25)22(27,28)29)38-14-5-6-15(19(26)17(14)24)39-23(30,31)32/h3-8H,1-2H3,(H,33,34,35). The van der Waals surface area contributed by atoms with Crippen molar-refractivity contribution in [2.75, 3.05) is 12.4 Å². The number of benzene rings is 2. The van der Waals surface area contributed by atoms with Gasteiger partial charge in [-0.2, -0.15) is 13.2 Å². The number of nitrogens with one attached hydrogen (secondary N) is 1. The Kier molecular flexibility index (Phi) is 8.24. The van der Waals surface area contributed by atoms with Gasteiger partial charge in [0.15, 0.2) is 17.4 Å². The molecule has 0 aliphatic heterocycles. The van der Waals surface area contributed by atoms with Gasteiger partial charge in [-0.05, 0) is 42.8 Å². The maximum Gasteiger partial charge on any atom is 0.573 e. The largest absolute Gasteiger partial charge is 0.573 e. The molecule has 0 radical (unpaired) electrons. The summed E-state index contributed by atoms with van der Waals surface area (Å²) in [7, 11) is 1.04. The van der Waals surface area contributed by atoms with Crippen molar-refractivity contribution in [3.8, 4) is 17.2 Å². The zero-order valence-corrected chi connectivity index (χ0v) is 20.1. The number of carbonyl (C=O) groups excluding carboxylic acids is 2. The van der Waals surface area contributed by atoms with E-state index in [0.717, 1.165) is 19.4 Å². The van der Waals surface area contributed by atoms with Crippen molar-refractivity contribution in [2.24, 2.45) is 0 Å². The van der Waals surface area contributed by atoms with Crippen molar-refractivity contribution >= 4 is 29.2 Å². The Bertz CT molecular complexity index is 1440. The predicted molar refractivity (Wildman–Crippen MR) is 118 cm³/mol. The number of methoxy groups -OCH3 is 1.